The molecule has 2 aromatic heterocycles. The van der Waals surface area contributed by atoms with Crippen LogP contribution in [0.2, 0.25) is 0 Å². The molecule has 13 nitrogen and oxygen atoms in total. The molecule has 43 heavy (non-hydrogen) atoms. The van der Waals surface area contributed by atoms with Gasteiger partial charge in [-0.2, -0.15) is 0 Å². The minimum Gasteiger partial charge on any atom is -0.480 e. The van der Waals surface area contributed by atoms with Crippen molar-refractivity contribution in [3.63, 3.8) is 0 Å². The van der Waals surface area contributed by atoms with Crippen molar-refractivity contribution >= 4 is 38.6 Å². The maximum Gasteiger partial charge on any atom is 0.248 e. The number of aryl methyl sites for hydroxylation is 1. The summed E-state index contributed by atoms with van der Waals surface area (Å²) in [7, 11) is -3.87. The molecule has 2 aromatic carbocycles. The number of aromatic nitrogens is 3. The van der Waals surface area contributed by atoms with Gasteiger partial charge in [0.15, 0.2) is 0 Å². The number of sulfonamides is 1. The van der Waals surface area contributed by atoms with E-state index in [1.54, 1.807) is 49.4 Å². The molecule has 0 saturated carbocycles. The van der Waals surface area contributed by atoms with Gasteiger partial charge in [0, 0.05) is 43.6 Å². The van der Waals surface area contributed by atoms with E-state index in [0.29, 0.717) is 38.7 Å². The van der Waals surface area contributed by atoms with Crippen molar-refractivity contribution in [2.45, 2.75) is 18.2 Å². The van der Waals surface area contributed by atoms with E-state index in [2.05, 4.69) is 29.9 Å². The van der Waals surface area contributed by atoms with Gasteiger partial charge in [-0.15, -0.1) is 10.2 Å². The van der Waals surface area contributed by atoms with Crippen LogP contribution in [-0.2, 0) is 25.7 Å². The molecule has 3 heterocycles. The first-order valence-corrected chi connectivity index (χ1v) is 16.3. The number of pyridine rings is 1. The minimum atomic E-state index is -3.61. The second kappa shape index (κ2) is 14.8. The van der Waals surface area contributed by atoms with E-state index in [1.165, 1.54) is 19.7 Å². The number of ether oxygens (including phenoxy) is 2. The highest BCUT2D eigenvalue weighted by atomic mass is 32.2. The van der Waals surface area contributed by atoms with E-state index in [9.17, 15) is 12.6 Å². The van der Waals surface area contributed by atoms with Gasteiger partial charge in [0.2, 0.25) is 27.7 Å². The van der Waals surface area contributed by atoms with Crippen molar-refractivity contribution in [2.24, 2.45) is 0 Å². The molecule has 228 valence electrons. The Kier molecular flexibility index (Phi) is 10.9. The Balaban J connectivity index is 0.000000530. The van der Waals surface area contributed by atoms with Crippen molar-refractivity contribution in [1.29, 1.82) is 5.41 Å². The molecule has 4 aromatic rings. The lowest BCUT2D eigenvalue weighted by atomic mass is 9.98. The third-order valence-corrected chi connectivity index (χ3v) is 7.68. The first-order chi connectivity index (χ1) is 20.7. The second-order valence-corrected chi connectivity index (χ2v) is 12.3. The zero-order valence-electron chi connectivity index (χ0n) is 23.9. The molecule has 1 unspecified atom stereocenters. The van der Waals surface area contributed by atoms with Gasteiger partial charge in [-0.3, -0.25) is 4.72 Å². The fraction of sp³-hybridized carbons (Fsp3) is 0.286. The van der Waals surface area contributed by atoms with Crippen LogP contribution in [0.25, 0.3) is 22.6 Å². The summed E-state index contributed by atoms with van der Waals surface area (Å²) in [5.41, 5.74) is 2.39. The van der Waals surface area contributed by atoms with Crippen LogP contribution in [0.3, 0.4) is 0 Å². The van der Waals surface area contributed by atoms with Gasteiger partial charge >= 0.3 is 0 Å². The molecule has 0 radical (unpaired) electrons. The Morgan fingerprint density at radius 2 is 1.84 bits per heavy atom. The monoisotopic (exact) mass is 627 g/mol. The number of hydrogen-bond acceptors (Lipinski definition) is 11. The molecule has 1 aliphatic heterocycles. The Hall–Kier alpha value is -4.18. The standard InChI is InChI=1S/C23H22N6O5S2.C5H11NO/c1-14-26-27-22(34-14)18-9-15(16-11-21(29-36(3,31)32)23(33-2)25-13-16)10-20(19(18)12-24)28-35(30)17-7-5-4-6-8-17;1-2-6-3-5-7-4-1/h4-13,24,28-29H,1-3H3;6H,1-5H2. The number of anilines is 2. The van der Waals surface area contributed by atoms with Gasteiger partial charge < -0.3 is 29.3 Å². The summed E-state index contributed by atoms with van der Waals surface area (Å²) >= 11 is 0. The summed E-state index contributed by atoms with van der Waals surface area (Å²) < 4.78 is 58.1. The fourth-order valence-corrected chi connectivity index (χ4v) is 5.50. The molecule has 0 bridgehead atoms. The van der Waals surface area contributed by atoms with Crippen molar-refractivity contribution in [2.75, 3.05) is 49.1 Å². The van der Waals surface area contributed by atoms with Gasteiger partial charge in [0.25, 0.3) is 0 Å². The van der Waals surface area contributed by atoms with E-state index in [1.807, 2.05) is 6.07 Å². The molecule has 1 aliphatic rings. The topological polar surface area (TPSA) is 181 Å². The number of methoxy groups -OCH3 is 1. The average molecular weight is 628 g/mol. The average Bonchev–Trinajstić information content (AvgIpc) is 3.21. The highest BCUT2D eigenvalue weighted by Gasteiger charge is 2.20. The third-order valence-electron chi connectivity index (χ3n) is 5.98. The van der Waals surface area contributed by atoms with E-state index in [0.717, 1.165) is 38.8 Å². The predicted molar refractivity (Wildman–Crippen MR) is 165 cm³/mol. The summed E-state index contributed by atoms with van der Waals surface area (Å²) in [4.78, 5) is 4.76. The highest BCUT2D eigenvalue weighted by Crippen LogP contribution is 2.36. The Labute approximate surface area is 252 Å². The van der Waals surface area contributed by atoms with E-state index >= 15 is 0 Å². The maximum atomic E-state index is 13.0. The molecule has 15 heteroatoms. The van der Waals surface area contributed by atoms with Crippen LogP contribution >= 0.6 is 0 Å². The summed E-state index contributed by atoms with van der Waals surface area (Å²) in [6.45, 7) is 5.62. The van der Waals surface area contributed by atoms with Crippen LogP contribution in [0.1, 0.15) is 17.9 Å². The van der Waals surface area contributed by atoms with Crippen molar-refractivity contribution in [1.82, 2.24) is 20.5 Å². The second-order valence-electron chi connectivity index (χ2n) is 9.31. The number of nitrogens with zero attached hydrogens (tertiary/aromatic N) is 3. The van der Waals surface area contributed by atoms with Crippen LogP contribution in [0.15, 0.2) is 64.0 Å². The summed E-state index contributed by atoms with van der Waals surface area (Å²) in [6.07, 6.45) is 4.80. The fourth-order valence-electron chi connectivity index (χ4n) is 4.06. The smallest absolute Gasteiger partial charge is 0.248 e. The van der Waals surface area contributed by atoms with Gasteiger partial charge in [0.1, 0.15) is 16.7 Å². The van der Waals surface area contributed by atoms with Crippen molar-refractivity contribution < 1.29 is 26.5 Å². The predicted octanol–water partition coefficient (Wildman–Crippen LogP) is 3.62. The van der Waals surface area contributed by atoms with Crippen LogP contribution in [0.4, 0.5) is 11.4 Å². The molecule has 0 aliphatic carbocycles. The van der Waals surface area contributed by atoms with Crippen LogP contribution < -0.4 is 19.5 Å². The number of benzene rings is 2. The normalized spacial score (nSPS) is 14.0. The Bertz CT molecular complexity index is 1660. The lowest BCUT2D eigenvalue weighted by Gasteiger charge is -2.15. The third kappa shape index (κ3) is 8.90. The first kappa shape index (κ1) is 31.7. The molecule has 0 amide bonds. The highest BCUT2D eigenvalue weighted by molar-refractivity contribution is 7.92. The molecular formula is C28H33N7O6S2. The van der Waals surface area contributed by atoms with Crippen molar-refractivity contribution in [3.8, 4) is 28.5 Å². The van der Waals surface area contributed by atoms with Crippen molar-refractivity contribution in [3.05, 3.63) is 66.2 Å². The number of rotatable bonds is 9. The number of nitrogens with one attached hydrogen (secondary N) is 4. The lowest BCUT2D eigenvalue weighted by molar-refractivity contribution is 0.151. The molecular weight excluding hydrogens is 594 g/mol. The van der Waals surface area contributed by atoms with Crippen LogP contribution in [0, 0.1) is 12.3 Å². The maximum absolute atomic E-state index is 13.0. The number of hydrogen-bond donors (Lipinski definition) is 4. The van der Waals surface area contributed by atoms with Gasteiger partial charge in [0.05, 0.1) is 36.1 Å². The van der Waals surface area contributed by atoms with Gasteiger partial charge in [-0.1, -0.05) is 18.2 Å². The molecule has 4 N–H and O–H groups in total. The van der Waals surface area contributed by atoms with Crippen LogP contribution in [0.5, 0.6) is 5.88 Å². The van der Waals surface area contributed by atoms with E-state index in [-0.39, 0.29) is 17.5 Å². The lowest BCUT2D eigenvalue weighted by Crippen LogP contribution is -2.15. The SMILES string of the molecule is C1CNCCOC1.COc1ncc(-c2cc(NS(=O)c3ccccc3)c(C=N)c(-c3nnc(C)o3)c2)cc1NS(C)(=O)=O. The van der Waals surface area contributed by atoms with E-state index in [4.69, 9.17) is 19.3 Å². The molecule has 5 rings (SSSR count). The summed E-state index contributed by atoms with van der Waals surface area (Å²) in [5, 5.41) is 19.2. The van der Waals surface area contributed by atoms with Gasteiger partial charge in [-0.05, 0) is 48.9 Å². The quantitative estimate of drug-likeness (QED) is 0.200. The summed E-state index contributed by atoms with van der Waals surface area (Å²) in [5.74, 6) is 0.591. The first-order valence-electron chi connectivity index (χ1n) is 13.2. The largest absolute Gasteiger partial charge is 0.480 e. The molecule has 1 saturated heterocycles. The zero-order chi connectivity index (χ0) is 30.8. The Morgan fingerprint density at radius 1 is 1.07 bits per heavy atom. The zero-order valence-corrected chi connectivity index (χ0v) is 25.5. The van der Waals surface area contributed by atoms with Crippen LogP contribution in [-0.4, -0.2) is 73.7 Å². The molecule has 0 spiro atoms. The minimum absolute atomic E-state index is 0.0940. The Morgan fingerprint density at radius 3 is 2.51 bits per heavy atom. The van der Waals surface area contributed by atoms with E-state index < -0.39 is 21.0 Å². The van der Waals surface area contributed by atoms with Gasteiger partial charge in [-0.25, -0.2) is 17.6 Å². The molecule has 1 fully saturated rings. The molecule has 1 atom stereocenters. The summed E-state index contributed by atoms with van der Waals surface area (Å²) in [6, 6.07) is 13.8.